The van der Waals surface area contributed by atoms with E-state index < -0.39 is 15.9 Å². The van der Waals surface area contributed by atoms with Crippen molar-refractivity contribution in [2.75, 3.05) is 26.5 Å². The van der Waals surface area contributed by atoms with Gasteiger partial charge in [-0.1, -0.05) is 22.0 Å². The normalized spacial score (nSPS) is 11.4. The van der Waals surface area contributed by atoms with Crippen LogP contribution in [-0.2, 0) is 10.0 Å². The van der Waals surface area contributed by atoms with E-state index in [1.54, 1.807) is 24.3 Å². The monoisotopic (exact) mass is 412 g/mol. The summed E-state index contributed by atoms with van der Waals surface area (Å²) >= 11 is 3.33. The van der Waals surface area contributed by atoms with Gasteiger partial charge in [0, 0.05) is 24.1 Å². The van der Waals surface area contributed by atoms with Crippen LogP contribution in [0.25, 0.3) is 0 Å². The van der Waals surface area contributed by atoms with Crippen LogP contribution in [0, 0.1) is 0 Å². The minimum Gasteiger partial charge on any atom is -0.495 e. The van der Waals surface area contributed by atoms with Gasteiger partial charge in [0.25, 0.3) is 5.91 Å². The molecule has 0 aliphatic heterocycles. The number of methoxy groups -OCH3 is 1. The van der Waals surface area contributed by atoms with Crippen molar-refractivity contribution >= 4 is 37.5 Å². The quantitative estimate of drug-likeness (QED) is 0.818. The number of nitrogens with one attached hydrogen (secondary N) is 1. The zero-order valence-corrected chi connectivity index (χ0v) is 15.8. The van der Waals surface area contributed by atoms with Gasteiger partial charge >= 0.3 is 0 Å². The van der Waals surface area contributed by atoms with Crippen LogP contribution >= 0.6 is 15.9 Å². The van der Waals surface area contributed by atoms with E-state index in [1.807, 2.05) is 0 Å². The number of carbonyl (C=O) groups is 1. The Hall–Kier alpha value is -1.90. The maximum atomic E-state index is 12.5. The molecule has 0 bridgehead atoms. The Morgan fingerprint density at radius 1 is 1.17 bits per heavy atom. The SMILES string of the molecule is COc1ccc(Br)cc1NC(=O)c1cccc(S(=O)(=O)N(C)C)c1. The highest BCUT2D eigenvalue weighted by Gasteiger charge is 2.19. The number of nitrogens with zero attached hydrogens (tertiary/aromatic N) is 1. The molecule has 0 spiro atoms. The third kappa shape index (κ3) is 3.95. The first kappa shape index (κ1) is 18.4. The molecule has 2 aromatic rings. The molecule has 0 saturated heterocycles. The molecule has 0 atom stereocenters. The maximum absolute atomic E-state index is 12.5. The molecule has 0 radical (unpaired) electrons. The lowest BCUT2D eigenvalue weighted by Crippen LogP contribution is -2.22. The summed E-state index contributed by atoms with van der Waals surface area (Å²) in [6, 6.07) is 11.1. The van der Waals surface area contributed by atoms with Crippen molar-refractivity contribution in [2.45, 2.75) is 4.90 Å². The van der Waals surface area contributed by atoms with E-state index in [0.29, 0.717) is 11.4 Å². The summed E-state index contributed by atoms with van der Waals surface area (Å²) < 4.78 is 31.4. The predicted octanol–water partition coefficient (Wildman–Crippen LogP) is 2.96. The van der Waals surface area contributed by atoms with Crippen LogP contribution in [0.4, 0.5) is 5.69 Å². The lowest BCUT2D eigenvalue weighted by molar-refractivity contribution is 0.102. The number of rotatable bonds is 5. The fourth-order valence-corrected chi connectivity index (χ4v) is 3.29. The zero-order chi connectivity index (χ0) is 17.9. The summed E-state index contributed by atoms with van der Waals surface area (Å²) in [5, 5.41) is 2.72. The van der Waals surface area contributed by atoms with Gasteiger partial charge in [-0.3, -0.25) is 4.79 Å². The van der Waals surface area contributed by atoms with Crippen molar-refractivity contribution in [3.63, 3.8) is 0 Å². The first-order valence-corrected chi connectivity index (χ1v) is 9.16. The van der Waals surface area contributed by atoms with Crippen molar-refractivity contribution in [1.29, 1.82) is 0 Å². The fourth-order valence-electron chi connectivity index (χ4n) is 1.98. The van der Waals surface area contributed by atoms with Gasteiger partial charge < -0.3 is 10.1 Å². The molecule has 1 N–H and O–H groups in total. The highest BCUT2D eigenvalue weighted by atomic mass is 79.9. The van der Waals surface area contributed by atoms with Crippen LogP contribution in [0.15, 0.2) is 51.8 Å². The van der Waals surface area contributed by atoms with E-state index in [0.717, 1.165) is 8.78 Å². The number of anilines is 1. The smallest absolute Gasteiger partial charge is 0.255 e. The van der Waals surface area contributed by atoms with Gasteiger partial charge in [0.1, 0.15) is 5.75 Å². The summed E-state index contributed by atoms with van der Waals surface area (Å²) in [6.07, 6.45) is 0. The minimum atomic E-state index is -3.60. The van der Waals surface area contributed by atoms with E-state index in [2.05, 4.69) is 21.2 Å². The standard InChI is InChI=1S/C16H17BrN2O4S/c1-19(2)24(21,22)13-6-4-5-11(9-13)16(20)18-14-10-12(17)7-8-15(14)23-3/h4-10H,1-3H3,(H,18,20). The van der Waals surface area contributed by atoms with Crippen molar-refractivity contribution in [3.05, 3.63) is 52.5 Å². The third-order valence-corrected chi connectivity index (χ3v) is 5.59. The molecule has 0 unspecified atom stereocenters. The van der Waals surface area contributed by atoms with Crippen molar-refractivity contribution in [1.82, 2.24) is 4.31 Å². The molecule has 0 aliphatic rings. The number of amides is 1. The molecule has 24 heavy (non-hydrogen) atoms. The molecule has 0 aromatic heterocycles. The highest BCUT2D eigenvalue weighted by Crippen LogP contribution is 2.28. The Bertz CT molecular complexity index is 866. The number of halogens is 1. The number of hydrogen-bond acceptors (Lipinski definition) is 4. The van der Waals surface area contributed by atoms with Crippen LogP contribution in [0.2, 0.25) is 0 Å². The molecule has 128 valence electrons. The highest BCUT2D eigenvalue weighted by molar-refractivity contribution is 9.10. The summed E-state index contributed by atoms with van der Waals surface area (Å²) in [5.74, 6) is 0.0748. The zero-order valence-electron chi connectivity index (χ0n) is 13.4. The van der Waals surface area contributed by atoms with Crippen LogP contribution in [0.3, 0.4) is 0 Å². The number of benzene rings is 2. The molecular weight excluding hydrogens is 396 g/mol. The minimum absolute atomic E-state index is 0.0568. The molecule has 0 saturated carbocycles. The molecule has 0 aliphatic carbocycles. The second kappa shape index (κ2) is 7.33. The summed E-state index contributed by atoms with van der Waals surface area (Å²) in [7, 11) is 0.777. The number of carbonyl (C=O) groups excluding carboxylic acids is 1. The van der Waals surface area contributed by atoms with E-state index >= 15 is 0 Å². The fraction of sp³-hybridized carbons (Fsp3) is 0.188. The Balaban J connectivity index is 2.34. The molecule has 1 amide bonds. The van der Waals surface area contributed by atoms with Gasteiger partial charge in [0.2, 0.25) is 10.0 Å². The van der Waals surface area contributed by atoms with E-state index in [9.17, 15) is 13.2 Å². The molecule has 6 nitrogen and oxygen atoms in total. The van der Waals surface area contributed by atoms with Gasteiger partial charge in [-0.15, -0.1) is 0 Å². The number of sulfonamides is 1. The number of hydrogen-bond donors (Lipinski definition) is 1. The summed E-state index contributed by atoms with van der Waals surface area (Å²) in [4.78, 5) is 12.5. The Morgan fingerprint density at radius 3 is 2.50 bits per heavy atom. The maximum Gasteiger partial charge on any atom is 0.255 e. The Kier molecular flexibility index (Phi) is 5.63. The second-order valence-corrected chi connectivity index (χ2v) is 8.18. The van der Waals surface area contributed by atoms with Crippen molar-refractivity contribution < 1.29 is 17.9 Å². The van der Waals surface area contributed by atoms with Gasteiger partial charge in [0.05, 0.1) is 17.7 Å². The van der Waals surface area contributed by atoms with Crippen LogP contribution in [0.5, 0.6) is 5.75 Å². The van der Waals surface area contributed by atoms with E-state index in [1.165, 1.54) is 39.4 Å². The Labute approximate surface area is 149 Å². The molecule has 0 heterocycles. The third-order valence-electron chi connectivity index (χ3n) is 3.28. The second-order valence-electron chi connectivity index (χ2n) is 5.11. The Morgan fingerprint density at radius 2 is 1.88 bits per heavy atom. The van der Waals surface area contributed by atoms with Gasteiger partial charge in [0.15, 0.2) is 0 Å². The number of ether oxygens (including phenoxy) is 1. The average Bonchev–Trinajstić information content (AvgIpc) is 2.55. The van der Waals surface area contributed by atoms with Crippen LogP contribution < -0.4 is 10.1 Å². The van der Waals surface area contributed by atoms with E-state index in [-0.39, 0.29) is 10.5 Å². The first-order chi connectivity index (χ1) is 11.3. The van der Waals surface area contributed by atoms with Gasteiger partial charge in [-0.25, -0.2) is 12.7 Å². The predicted molar refractivity (Wildman–Crippen MR) is 96.0 cm³/mol. The van der Waals surface area contributed by atoms with Gasteiger partial charge in [-0.2, -0.15) is 0 Å². The largest absolute Gasteiger partial charge is 0.495 e. The van der Waals surface area contributed by atoms with Crippen molar-refractivity contribution in [2.24, 2.45) is 0 Å². The topological polar surface area (TPSA) is 75.7 Å². The molecule has 8 heteroatoms. The molecule has 0 fully saturated rings. The van der Waals surface area contributed by atoms with Gasteiger partial charge in [-0.05, 0) is 36.4 Å². The first-order valence-electron chi connectivity index (χ1n) is 6.93. The lowest BCUT2D eigenvalue weighted by atomic mass is 10.2. The average molecular weight is 413 g/mol. The van der Waals surface area contributed by atoms with E-state index in [4.69, 9.17) is 4.74 Å². The van der Waals surface area contributed by atoms with Crippen LogP contribution in [-0.4, -0.2) is 39.8 Å². The van der Waals surface area contributed by atoms with Crippen LogP contribution in [0.1, 0.15) is 10.4 Å². The van der Waals surface area contributed by atoms with Crippen molar-refractivity contribution in [3.8, 4) is 5.75 Å². The molecule has 2 aromatic carbocycles. The summed E-state index contributed by atoms with van der Waals surface area (Å²) in [6.45, 7) is 0. The summed E-state index contributed by atoms with van der Waals surface area (Å²) in [5.41, 5.74) is 0.720. The molecular formula is C16H17BrN2O4S. The lowest BCUT2D eigenvalue weighted by Gasteiger charge is -2.13. The molecule has 2 rings (SSSR count).